The lowest BCUT2D eigenvalue weighted by Crippen LogP contribution is -2.25. The van der Waals surface area contributed by atoms with Gasteiger partial charge < -0.3 is 5.32 Å². The Balaban J connectivity index is 1.61. The first-order valence-corrected chi connectivity index (χ1v) is 6.94. The SMILES string of the molecule is O=C(NCC1CC1)c1ccc2nnc(C3CC3)n2c1. The molecule has 5 heteroatoms. The number of carbonyl (C=O) groups is 1. The number of amides is 1. The van der Waals surface area contributed by atoms with E-state index in [2.05, 4.69) is 15.5 Å². The zero-order valence-electron chi connectivity index (χ0n) is 10.7. The first-order chi connectivity index (χ1) is 9.31. The Morgan fingerprint density at radius 2 is 2.11 bits per heavy atom. The van der Waals surface area contributed by atoms with E-state index in [0.717, 1.165) is 18.0 Å². The molecule has 0 aromatic carbocycles. The Morgan fingerprint density at radius 1 is 1.26 bits per heavy atom. The van der Waals surface area contributed by atoms with Gasteiger partial charge in [-0.15, -0.1) is 10.2 Å². The van der Waals surface area contributed by atoms with Crippen LogP contribution in [0.4, 0.5) is 0 Å². The number of carbonyl (C=O) groups excluding carboxylic acids is 1. The third-order valence-corrected chi connectivity index (χ3v) is 3.88. The number of nitrogens with zero attached hydrogens (tertiary/aromatic N) is 3. The van der Waals surface area contributed by atoms with Gasteiger partial charge in [-0.3, -0.25) is 9.20 Å². The first-order valence-electron chi connectivity index (χ1n) is 6.94. The summed E-state index contributed by atoms with van der Waals surface area (Å²) in [5.41, 5.74) is 1.51. The molecule has 2 aliphatic rings. The van der Waals surface area contributed by atoms with E-state index in [9.17, 15) is 4.79 Å². The van der Waals surface area contributed by atoms with Gasteiger partial charge in [-0.05, 0) is 43.7 Å². The maximum Gasteiger partial charge on any atom is 0.252 e. The molecule has 19 heavy (non-hydrogen) atoms. The fourth-order valence-electron chi connectivity index (χ4n) is 2.32. The van der Waals surface area contributed by atoms with Crippen molar-refractivity contribution in [2.45, 2.75) is 31.6 Å². The van der Waals surface area contributed by atoms with Gasteiger partial charge >= 0.3 is 0 Å². The summed E-state index contributed by atoms with van der Waals surface area (Å²) >= 11 is 0. The van der Waals surface area contributed by atoms with Crippen molar-refractivity contribution < 1.29 is 4.79 Å². The summed E-state index contributed by atoms with van der Waals surface area (Å²) in [5.74, 6) is 2.22. The van der Waals surface area contributed by atoms with Gasteiger partial charge in [0.2, 0.25) is 0 Å². The number of fused-ring (bicyclic) bond motifs is 1. The smallest absolute Gasteiger partial charge is 0.252 e. The molecule has 98 valence electrons. The van der Waals surface area contributed by atoms with E-state index in [1.807, 2.05) is 22.7 Å². The number of pyridine rings is 1. The molecule has 0 bridgehead atoms. The summed E-state index contributed by atoms with van der Waals surface area (Å²) in [5, 5.41) is 11.4. The van der Waals surface area contributed by atoms with Crippen molar-refractivity contribution in [1.29, 1.82) is 0 Å². The highest BCUT2D eigenvalue weighted by Gasteiger charge is 2.29. The molecule has 2 fully saturated rings. The molecule has 1 amide bonds. The van der Waals surface area contributed by atoms with E-state index in [1.165, 1.54) is 25.7 Å². The molecule has 2 aliphatic carbocycles. The largest absolute Gasteiger partial charge is 0.352 e. The molecule has 1 N–H and O–H groups in total. The topological polar surface area (TPSA) is 59.3 Å². The van der Waals surface area contributed by atoms with Crippen LogP contribution in [0.1, 0.15) is 47.8 Å². The van der Waals surface area contributed by atoms with E-state index in [4.69, 9.17) is 0 Å². The molecule has 4 rings (SSSR count). The van der Waals surface area contributed by atoms with E-state index in [1.54, 1.807) is 0 Å². The third-order valence-electron chi connectivity index (χ3n) is 3.88. The first kappa shape index (κ1) is 11.0. The fraction of sp³-hybridized carbons (Fsp3) is 0.500. The van der Waals surface area contributed by atoms with Crippen molar-refractivity contribution >= 4 is 11.6 Å². The summed E-state index contributed by atoms with van der Waals surface area (Å²) in [4.78, 5) is 12.1. The van der Waals surface area contributed by atoms with Crippen molar-refractivity contribution in [2.75, 3.05) is 6.54 Å². The Morgan fingerprint density at radius 3 is 2.84 bits per heavy atom. The number of nitrogens with one attached hydrogen (secondary N) is 1. The van der Waals surface area contributed by atoms with E-state index in [-0.39, 0.29) is 5.91 Å². The lowest BCUT2D eigenvalue weighted by atomic mass is 10.2. The molecular formula is C14H16N4O. The van der Waals surface area contributed by atoms with E-state index >= 15 is 0 Å². The van der Waals surface area contributed by atoms with Crippen LogP contribution in [0.5, 0.6) is 0 Å². The van der Waals surface area contributed by atoms with Gasteiger partial charge in [-0.25, -0.2) is 0 Å². The minimum atomic E-state index is 0.00393. The average molecular weight is 256 g/mol. The number of aromatic nitrogens is 3. The highest BCUT2D eigenvalue weighted by Crippen LogP contribution is 2.38. The van der Waals surface area contributed by atoms with Crippen LogP contribution in [0.25, 0.3) is 5.65 Å². The molecule has 2 heterocycles. The highest BCUT2D eigenvalue weighted by atomic mass is 16.1. The molecule has 0 saturated heterocycles. The molecule has 2 aromatic rings. The fourth-order valence-corrected chi connectivity index (χ4v) is 2.32. The predicted octanol–water partition coefficient (Wildman–Crippen LogP) is 1.75. The van der Waals surface area contributed by atoms with Gasteiger partial charge in [-0.1, -0.05) is 0 Å². The van der Waals surface area contributed by atoms with Gasteiger partial charge in [-0.2, -0.15) is 0 Å². The second-order valence-electron chi connectivity index (χ2n) is 5.63. The van der Waals surface area contributed by atoms with E-state index in [0.29, 0.717) is 17.4 Å². The third kappa shape index (κ3) is 2.09. The maximum atomic E-state index is 12.1. The van der Waals surface area contributed by atoms with Gasteiger partial charge in [0.1, 0.15) is 5.82 Å². The monoisotopic (exact) mass is 256 g/mol. The second kappa shape index (κ2) is 4.05. The van der Waals surface area contributed by atoms with Crippen LogP contribution in [0.3, 0.4) is 0 Å². The summed E-state index contributed by atoms with van der Waals surface area (Å²) in [6.07, 6.45) is 6.72. The van der Waals surface area contributed by atoms with Gasteiger partial charge in [0.15, 0.2) is 5.65 Å². The quantitative estimate of drug-likeness (QED) is 0.906. The van der Waals surface area contributed by atoms with Crippen molar-refractivity contribution in [3.63, 3.8) is 0 Å². The predicted molar refractivity (Wildman–Crippen MR) is 70.0 cm³/mol. The van der Waals surface area contributed by atoms with Crippen molar-refractivity contribution in [3.8, 4) is 0 Å². The number of rotatable bonds is 4. The lowest BCUT2D eigenvalue weighted by Gasteiger charge is -2.05. The normalized spacial score (nSPS) is 18.7. The molecule has 0 atom stereocenters. The van der Waals surface area contributed by atoms with Crippen molar-refractivity contribution in [2.24, 2.45) is 5.92 Å². The summed E-state index contributed by atoms with van der Waals surface area (Å²) in [6, 6.07) is 3.69. The van der Waals surface area contributed by atoms with Crippen LogP contribution in [-0.4, -0.2) is 27.0 Å². The molecule has 2 aromatic heterocycles. The molecule has 2 saturated carbocycles. The standard InChI is InChI=1S/C14H16N4O/c19-14(15-7-9-1-2-9)11-5-6-12-16-17-13(10-3-4-10)18(12)8-11/h5-6,8-10H,1-4,7H2,(H,15,19). The summed E-state index contributed by atoms with van der Waals surface area (Å²) in [7, 11) is 0. The van der Waals surface area contributed by atoms with Gasteiger partial charge in [0.05, 0.1) is 5.56 Å². The van der Waals surface area contributed by atoms with Crippen LogP contribution in [0.15, 0.2) is 18.3 Å². The minimum Gasteiger partial charge on any atom is -0.352 e. The van der Waals surface area contributed by atoms with Crippen LogP contribution < -0.4 is 5.32 Å². The lowest BCUT2D eigenvalue weighted by molar-refractivity contribution is 0.0951. The zero-order valence-corrected chi connectivity index (χ0v) is 10.7. The highest BCUT2D eigenvalue weighted by molar-refractivity contribution is 5.94. The number of hydrogen-bond donors (Lipinski definition) is 1. The van der Waals surface area contributed by atoms with Gasteiger partial charge in [0.25, 0.3) is 5.91 Å². The maximum absolute atomic E-state index is 12.1. The Kier molecular flexibility index (Phi) is 2.33. The van der Waals surface area contributed by atoms with Crippen LogP contribution in [0, 0.1) is 5.92 Å². The molecule has 0 spiro atoms. The molecule has 0 unspecified atom stereocenters. The van der Waals surface area contributed by atoms with Gasteiger partial charge in [0, 0.05) is 18.7 Å². The minimum absolute atomic E-state index is 0.00393. The average Bonchev–Trinajstić information content (AvgIpc) is 3.34. The molecule has 0 aliphatic heterocycles. The second-order valence-corrected chi connectivity index (χ2v) is 5.63. The molecular weight excluding hydrogens is 240 g/mol. The van der Waals surface area contributed by atoms with Crippen molar-refractivity contribution in [1.82, 2.24) is 19.9 Å². The van der Waals surface area contributed by atoms with Crippen molar-refractivity contribution in [3.05, 3.63) is 29.7 Å². The van der Waals surface area contributed by atoms with Crippen LogP contribution in [-0.2, 0) is 0 Å². The molecule has 5 nitrogen and oxygen atoms in total. The number of hydrogen-bond acceptors (Lipinski definition) is 3. The Labute approximate surface area is 111 Å². The summed E-state index contributed by atoms with van der Waals surface area (Å²) < 4.78 is 1.96. The zero-order chi connectivity index (χ0) is 12.8. The van der Waals surface area contributed by atoms with E-state index < -0.39 is 0 Å². The summed E-state index contributed by atoms with van der Waals surface area (Å²) in [6.45, 7) is 0.800. The van der Waals surface area contributed by atoms with Crippen LogP contribution in [0.2, 0.25) is 0 Å². The molecule has 0 radical (unpaired) electrons. The Hall–Kier alpha value is -1.91. The Bertz CT molecular complexity index is 640. The van der Waals surface area contributed by atoms with Crippen LogP contribution >= 0.6 is 0 Å².